The van der Waals surface area contributed by atoms with Crippen LogP contribution in [0.2, 0.25) is 0 Å². The molecule has 0 spiro atoms. The molecule has 3 aromatic heterocycles. The normalized spacial score (nSPS) is 11.5. The molecule has 0 bridgehead atoms. The summed E-state index contributed by atoms with van der Waals surface area (Å²) in [6.45, 7) is 0. The van der Waals surface area contributed by atoms with Gasteiger partial charge in [0, 0.05) is 41.2 Å². The third kappa shape index (κ3) is 5.20. The van der Waals surface area contributed by atoms with E-state index in [0.29, 0.717) is 27.8 Å². The van der Waals surface area contributed by atoms with Crippen LogP contribution in [-0.4, -0.2) is 50.2 Å². The summed E-state index contributed by atoms with van der Waals surface area (Å²) in [7, 11) is -3.84. The first-order chi connectivity index (χ1) is 17.0. The second-order valence-corrected chi connectivity index (χ2v) is 10.1. The maximum Gasteiger partial charge on any atom is 0.264 e. The molecule has 3 N–H and O–H groups in total. The topological polar surface area (TPSA) is 156 Å². The maximum atomic E-state index is 12.4. The molecule has 5 rings (SSSR count). The van der Waals surface area contributed by atoms with Gasteiger partial charge in [0.1, 0.15) is 5.52 Å². The molecule has 0 saturated heterocycles. The van der Waals surface area contributed by atoms with Gasteiger partial charge >= 0.3 is 0 Å². The number of thioether (sulfide) groups is 1. The SMILES string of the molecule is O=C(CCSc1nnc2c(n1)[nH]c1ccccc12)Nc1ccc(S(=O)(=O)Nc2ncccn2)cc1. The number of aromatic amines is 1. The van der Waals surface area contributed by atoms with E-state index in [9.17, 15) is 13.2 Å². The van der Waals surface area contributed by atoms with Gasteiger partial charge in [-0.15, -0.1) is 10.2 Å². The van der Waals surface area contributed by atoms with E-state index in [4.69, 9.17) is 0 Å². The van der Waals surface area contributed by atoms with Crippen LogP contribution in [0.4, 0.5) is 11.6 Å². The molecule has 5 aromatic rings. The molecular formula is C22H18N8O3S2. The number of benzene rings is 2. The average Bonchev–Trinajstić information content (AvgIpc) is 3.22. The van der Waals surface area contributed by atoms with Crippen molar-refractivity contribution >= 4 is 61.4 Å². The molecule has 35 heavy (non-hydrogen) atoms. The van der Waals surface area contributed by atoms with Gasteiger partial charge in [0.15, 0.2) is 5.65 Å². The summed E-state index contributed by atoms with van der Waals surface area (Å²) in [5, 5.41) is 12.6. The Balaban J connectivity index is 1.15. The van der Waals surface area contributed by atoms with Gasteiger partial charge in [0.25, 0.3) is 10.0 Å². The summed E-state index contributed by atoms with van der Waals surface area (Å²) in [5.41, 5.74) is 2.78. The molecule has 0 atom stereocenters. The number of sulfonamides is 1. The lowest BCUT2D eigenvalue weighted by atomic mass is 10.2. The van der Waals surface area contributed by atoms with Crippen LogP contribution >= 0.6 is 11.8 Å². The predicted molar refractivity (Wildman–Crippen MR) is 132 cm³/mol. The van der Waals surface area contributed by atoms with E-state index in [-0.39, 0.29) is 23.2 Å². The van der Waals surface area contributed by atoms with E-state index >= 15 is 0 Å². The number of carbonyl (C=O) groups is 1. The van der Waals surface area contributed by atoms with Crippen LogP contribution in [-0.2, 0) is 14.8 Å². The number of aromatic nitrogens is 6. The standard InChI is InChI=1S/C22H18N8O3S2/c31-18(10-13-34-22-27-20-19(28-29-22)16-4-1-2-5-17(16)26-20)25-14-6-8-15(9-7-14)35(32,33)30-21-23-11-3-12-24-21/h1-9,11-12H,10,13H2,(H,25,31)(H,23,24,30)(H,26,27,29). The highest BCUT2D eigenvalue weighted by atomic mass is 32.2. The molecule has 13 heteroatoms. The van der Waals surface area contributed by atoms with Crippen LogP contribution in [0.5, 0.6) is 0 Å². The number of carbonyl (C=O) groups excluding carboxylic acids is 1. The quantitative estimate of drug-likeness (QED) is 0.269. The maximum absolute atomic E-state index is 12.4. The number of amides is 1. The minimum atomic E-state index is -3.84. The second-order valence-electron chi connectivity index (χ2n) is 7.31. The van der Waals surface area contributed by atoms with Gasteiger partial charge in [0.2, 0.25) is 17.0 Å². The van der Waals surface area contributed by atoms with Crippen LogP contribution < -0.4 is 10.0 Å². The Morgan fingerprint density at radius 2 is 1.74 bits per heavy atom. The van der Waals surface area contributed by atoms with Gasteiger partial charge in [-0.2, -0.15) is 0 Å². The highest BCUT2D eigenvalue weighted by Gasteiger charge is 2.16. The first kappa shape index (κ1) is 22.7. The van der Waals surface area contributed by atoms with Gasteiger partial charge in [-0.1, -0.05) is 30.0 Å². The molecule has 3 heterocycles. The van der Waals surface area contributed by atoms with Crippen LogP contribution in [0.25, 0.3) is 22.1 Å². The van der Waals surface area contributed by atoms with Crippen molar-refractivity contribution in [3.8, 4) is 0 Å². The minimum absolute atomic E-state index is 0.0229. The van der Waals surface area contributed by atoms with Gasteiger partial charge in [-0.3, -0.25) is 4.79 Å². The number of hydrogen-bond donors (Lipinski definition) is 3. The van der Waals surface area contributed by atoms with Crippen molar-refractivity contribution in [2.45, 2.75) is 16.5 Å². The summed E-state index contributed by atoms with van der Waals surface area (Å²) in [6, 6.07) is 15.2. The Bertz CT molecular complexity index is 1610. The van der Waals surface area contributed by atoms with E-state index in [2.05, 4.69) is 40.2 Å². The Kier molecular flexibility index (Phi) is 6.25. The fourth-order valence-corrected chi connectivity index (χ4v) is 4.96. The fourth-order valence-electron chi connectivity index (χ4n) is 3.27. The van der Waals surface area contributed by atoms with E-state index < -0.39 is 10.0 Å². The molecule has 0 fully saturated rings. The summed E-state index contributed by atoms with van der Waals surface area (Å²) >= 11 is 1.33. The van der Waals surface area contributed by atoms with Crippen LogP contribution in [0.3, 0.4) is 0 Å². The highest BCUT2D eigenvalue weighted by molar-refractivity contribution is 7.99. The molecule has 0 saturated carbocycles. The van der Waals surface area contributed by atoms with E-state index in [1.165, 1.54) is 48.4 Å². The number of nitrogens with one attached hydrogen (secondary N) is 3. The molecule has 2 aromatic carbocycles. The number of para-hydroxylation sites is 1. The molecule has 176 valence electrons. The van der Waals surface area contributed by atoms with Gasteiger partial charge in [-0.05, 0) is 36.4 Å². The lowest BCUT2D eigenvalue weighted by molar-refractivity contribution is -0.115. The van der Waals surface area contributed by atoms with Crippen LogP contribution in [0.15, 0.2) is 77.0 Å². The lowest BCUT2D eigenvalue weighted by Crippen LogP contribution is -2.15. The van der Waals surface area contributed by atoms with Crippen molar-refractivity contribution in [2.75, 3.05) is 15.8 Å². The summed E-state index contributed by atoms with van der Waals surface area (Å²) in [4.78, 5) is 27.7. The largest absolute Gasteiger partial charge is 0.338 e. The Labute approximate surface area is 203 Å². The second kappa shape index (κ2) is 9.64. The van der Waals surface area contributed by atoms with Gasteiger partial charge in [-0.25, -0.2) is 28.1 Å². The monoisotopic (exact) mass is 506 g/mol. The predicted octanol–water partition coefficient (Wildman–Crippen LogP) is 3.22. The first-order valence-electron chi connectivity index (χ1n) is 10.4. The number of nitrogens with zero attached hydrogens (tertiary/aromatic N) is 5. The van der Waals surface area contributed by atoms with Crippen molar-refractivity contribution in [1.29, 1.82) is 0 Å². The number of rotatable bonds is 8. The molecule has 0 radical (unpaired) electrons. The fraction of sp³-hybridized carbons (Fsp3) is 0.0909. The molecule has 1 amide bonds. The number of anilines is 2. The van der Waals surface area contributed by atoms with Crippen LogP contribution in [0.1, 0.15) is 6.42 Å². The summed E-state index contributed by atoms with van der Waals surface area (Å²) in [5.74, 6) is 0.209. The zero-order valence-corrected chi connectivity index (χ0v) is 19.7. The molecular weight excluding hydrogens is 488 g/mol. The third-order valence-electron chi connectivity index (χ3n) is 4.90. The average molecular weight is 507 g/mol. The molecule has 0 unspecified atom stereocenters. The van der Waals surface area contributed by atoms with Crippen molar-refractivity contribution in [3.05, 3.63) is 67.0 Å². The molecule has 0 aliphatic heterocycles. The first-order valence-corrected chi connectivity index (χ1v) is 12.9. The summed E-state index contributed by atoms with van der Waals surface area (Å²) < 4.78 is 27.2. The zero-order valence-electron chi connectivity index (χ0n) is 18.0. The Morgan fingerprint density at radius 3 is 2.54 bits per heavy atom. The van der Waals surface area contributed by atoms with E-state index in [0.717, 1.165) is 10.9 Å². The zero-order chi connectivity index (χ0) is 24.3. The highest BCUT2D eigenvalue weighted by Crippen LogP contribution is 2.23. The van der Waals surface area contributed by atoms with E-state index in [1.54, 1.807) is 6.07 Å². The number of H-pyrrole nitrogens is 1. The number of fused-ring (bicyclic) bond motifs is 3. The van der Waals surface area contributed by atoms with Crippen molar-refractivity contribution < 1.29 is 13.2 Å². The molecule has 11 nitrogen and oxygen atoms in total. The Hall–Kier alpha value is -4.10. The lowest BCUT2D eigenvalue weighted by Gasteiger charge is -2.08. The minimum Gasteiger partial charge on any atom is -0.338 e. The van der Waals surface area contributed by atoms with Crippen LogP contribution in [0, 0.1) is 0 Å². The molecule has 0 aliphatic rings. The van der Waals surface area contributed by atoms with Crippen molar-refractivity contribution in [2.24, 2.45) is 0 Å². The van der Waals surface area contributed by atoms with Crippen molar-refractivity contribution in [3.63, 3.8) is 0 Å². The summed E-state index contributed by atoms with van der Waals surface area (Å²) in [6.07, 6.45) is 3.08. The van der Waals surface area contributed by atoms with Gasteiger partial charge < -0.3 is 10.3 Å². The third-order valence-corrected chi connectivity index (χ3v) is 7.09. The number of hydrogen-bond acceptors (Lipinski definition) is 9. The van der Waals surface area contributed by atoms with Crippen molar-refractivity contribution in [1.82, 2.24) is 30.1 Å². The smallest absolute Gasteiger partial charge is 0.264 e. The molecule has 0 aliphatic carbocycles. The Morgan fingerprint density at radius 1 is 0.971 bits per heavy atom. The van der Waals surface area contributed by atoms with Gasteiger partial charge in [0.05, 0.1) is 4.90 Å². The van der Waals surface area contributed by atoms with E-state index in [1.807, 2.05) is 24.3 Å².